The Morgan fingerprint density at radius 1 is 1.26 bits per heavy atom. The molecule has 2 aromatic heterocycles. The van der Waals surface area contributed by atoms with E-state index in [-0.39, 0.29) is 27.0 Å². The Kier molecular flexibility index (Phi) is 3.52. The highest BCUT2D eigenvalue weighted by Gasteiger charge is 2.22. The van der Waals surface area contributed by atoms with Crippen molar-refractivity contribution in [1.82, 2.24) is 19.5 Å². The average Bonchev–Trinajstić information content (AvgIpc) is 2.51. The summed E-state index contributed by atoms with van der Waals surface area (Å²) in [5, 5.41) is 5.12. The van der Waals surface area contributed by atoms with Crippen molar-refractivity contribution in [2.24, 2.45) is 12.2 Å². The van der Waals surface area contributed by atoms with Crippen LogP contribution in [0.3, 0.4) is 0 Å². The van der Waals surface area contributed by atoms with Gasteiger partial charge in [0.05, 0.1) is 5.69 Å². The number of imidazole rings is 1. The molecule has 19 heavy (non-hydrogen) atoms. The maximum atomic E-state index is 11.5. The van der Waals surface area contributed by atoms with E-state index >= 15 is 0 Å². The normalized spacial score (nSPS) is 11.8. The summed E-state index contributed by atoms with van der Waals surface area (Å²) in [5.74, 6) is 0.285. The van der Waals surface area contributed by atoms with E-state index in [0.717, 1.165) is 0 Å². The number of nitrogens with two attached hydrogens (primary N) is 1. The van der Waals surface area contributed by atoms with Gasteiger partial charge in [0.2, 0.25) is 5.28 Å². The van der Waals surface area contributed by atoms with Crippen molar-refractivity contribution in [2.45, 2.75) is 11.9 Å². The van der Waals surface area contributed by atoms with Gasteiger partial charge in [0.1, 0.15) is 10.8 Å². The lowest BCUT2D eigenvalue weighted by molar-refractivity contribution is 0.587. The molecule has 10 heteroatoms. The highest BCUT2D eigenvalue weighted by atomic mass is 35.5. The van der Waals surface area contributed by atoms with Crippen LogP contribution in [0.25, 0.3) is 11.5 Å². The molecule has 0 aliphatic heterocycles. The maximum Gasteiger partial charge on any atom is 0.255 e. The number of sulfonamides is 1. The molecule has 2 aromatic rings. The van der Waals surface area contributed by atoms with Crippen LogP contribution >= 0.6 is 23.2 Å². The molecule has 0 amide bonds. The smallest absolute Gasteiger partial charge is 0.255 e. The lowest BCUT2D eigenvalue weighted by Gasteiger charge is -2.04. The molecule has 0 saturated carbocycles. The van der Waals surface area contributed by atoms with Crippen LogP contribution in [0.15, 0.2) is 11.1 Å². The van der Waals surface area contributed by atoms with Crippen LogP contribution in [0.2, 0.25) is 10.4 Å². The van der Waals surface area contributed by atoms with Gasteiger partial charge in [-0.15, -0.1) is 0 Å². The Bertz CT molecular complexity index is 736. The van der Waals surface area contributed by atoms with Crippen LogP contribution in [-0.2, 0) is 17.1 Å². The molecule has 102 valence electrons. The molecule has 0 spiro atoms. The zero-order chi connectivity index (χ0) is 14.4. The van der Waals surface area contributed by atoms with E-state index in [0.29, 0.717) is 5.69 Å². The minimum Gasteiger partial charge on any atom is -0.316 e. The van der Waals surface area contributed by atoms with Crippen LogP contribution < -0.4 is 5.14 Å². The Morgan fingerprint density at radius 2 is 1.89 bits per heavy atom. The summed E-state index contributed by atoms with van der Waals surface area (Å²) in [6.45, 7) is 1.54. The molecule has 2 N–H and O–H groups in total. The highest BCUT2D eigenvalue weighted by Crippen LogP contribution is 2.24. The molecule has 2 heterocycles. The molecule has 0 atom stereocenters. The molecular formula is C9H9Cl2N5O2S. The lowest BCUT2D eigenvalue weighted by atomic mass is 10.4. The molecule has 0 fully saturated rings. The summed E-state index contributed by atoms with van der Waals surface area (Å²) in [6, 6.07) is 1.43. The van der Waals surface area contributed by atoms with Crippen LogP contribution in [-0.4, -0.2) is 27.9 Å². The van der Waals surface area contributed by atoms with Crippen molar-refractivity contribution in [3.63, 3.8) is 0 Å². The zero-order valence-electron chi connectivity index (χ0n) is 9.92. The minimum atomic E-state index is -3.88. The number of primary sulfonamides is 1. The summed E-state index contributed by atoms with van der Waals surface area (Å²) in [6.07, 6.45) is 0. The van der Waals surface area contributed by atoms with Gasteiger partial charge in [-0.2, -0.15) is 0 Å². The predicted molar refractivity (Wildman–Crippen MR) is 70.4 cm³/mol. The van der Waals surface area contributed by atoms with Gasteiger partial charge in [-0.3, -0.25) is 0 Å². The number of hydrogen-bond donors (Lipinski definition) is 1. The SMILES string of the molecule is Cc1nc(-c2cc(Cl)nc(Cl)n2)n(C)c1S(N)(=O)=O. The first-order valence-corrected chi connectivity index (χ1v) is 7.27. The first kappa shape index (κ1) is 14.2. The third-order valence-corrected chi connectivity index (χ3v) is 3.84. The highest BCUT2D eigenvalue weighted by molar-refractivity contribution is 7.89. The number of halogens is 2. The molecule has 0 saturated heterocycles. The predicted octanol–water partition coefficient (Wildman–Crippen LogP) is 1.14. The van der Waals surface area contributed by atoms with Crippen LogP contribution in [0.5, 0.6) is 0 Å². The van der Waals surface area contributed by atoms with Gasteiger partial charge in [0, 0.05) is 13.1 Å². The Labute approximate surface area is 119 Å². The van der Waals surface area contributed by atoms with Crippen molar-refractivity contribution >= 4 is 33.2 Å². The van der Waals surface area contributed by atoms with Crippen LogP contribution in [0.1, 0.15) is 5.69 Å². The third-order valence-electron chi connectivity index (χ3n) is 2.37. The van der Waals surface area contributed by atoms with Gasteiger partial charge in [-0.25, -0.2) is 28.5 Å². The number of rotatable bonds is 2. The van der Waals surface area contributed by atoms with Crippen molar-refractivity contribution in [2.75, 3.05) is 0 Å². The fourth-order valence-corrected chi connectivity index (χ4v) is 3.09. The molecule has 0 unspecified atom stereocenters. The molecule has 0 radical (unpaired) electrons. The standard InChI is InChI=1S/C9H9Cl2N5O2S/c1-4-8(19(12,17)18)16(2)7(13-4)5-3-6(10)15-9(11)14-5/h3H,1-2H3,(H2,12,17,18). The minimum absolute atomic E-state index is 0.0553. The maximum absolute atomic E-state index is 11.5. The largest absolute Gasteiger partial charge is 0.316 e. The van der Waals surface area contributed by atoms with Gasteiger partial charge < -0.3 is 4.57 Å². The molecule has 0 aliphatic carbocycles. The molecule has 0 bridgehead atoms. The third kappa shape index (κ3) is 2.71. The second-order valence-corrected chi connectivity index (χ2v) is 5.98. The molecule has 0 aromatic carbocycles. The number of aromatic nitrogens is 4. The summed E-state index contributed by atoms with van der Waals surface area (Å²) in [7, 11) is -2.37. The monoisotopic (exact) mass is 321 g/mol. The zero-order valence-corrected chi connectivity index (χ0v) is 12.3. The van der Waals surface area contributed by atoms with E-state index in [1.54, 1.807) is 0 Å². The fraction of sp³-hybridized carbons (Fsp3) is 0.222. The Balaban J connectivity index is 2.72. The summed E-state index contributed by atoms with van der Waals surface area (Å²) < 4.78 is 24.3. The first-order chi connectivity index (χ1) is 8.70. The molecular weight excluding hydrogens is 313 g/mol. The Hall–Kier alpha value is -1.22. The van der Waals surface area contributed by atoms with Gasteiger partial charge in [-0.1, -0.05) is 11.6 Å². The topological polar surface area (TPSA) is 104 Å². The van der Waals surface area contributed by atoms with Crippen molar-refractivity contribution in [3.05, 3.63) is 22.2 Å². The second-order valence-electron chi connectivity index (χ2n) is 3.77. The van der Waals surface area contributed by atoms with Gasteiger partial charge in [0.25, 0.3) is 10.0 Å². The summed E-state index contributed by atoms with van der Waals surface area (Å²) in [5.41, 5.74) is 0.580. The van der Waals surface area contributed by atoms with E-state index in [2.05, 4.69) is 15.0 Å². The van der Waals surface area contributed by atoms with E-state index in [1.807, 2.05) is 0 Å². The second kappa shape index (κ2) is 4.71. The fourth-order valence-electron chi connectivity index (χ4n) is 1.75. The quantitative estimate of drug-likeness (QED) is 0.659. The van der Waals surface area contributed by atoms with Crippen LogP contribution in [0.4, 0.5) is 0 Å². The first-order valence-electron chi connectivity index (χ1n) is 4.96. The molecule has 7 nitrogen and oxygen atoms in total. The van der Waals surface area contributed by atoms with Crippen molar-refractivity contribution in [1.29, 1.82) is 0 Å². The van der Waals surface area contributed by atoms with Gasteiger partial charge in [0.15, 0.2) is 10.9 Å². The number of aryl methyl sites for hydroxylation is 1. The lowest BCUT2D eigenvalue weighted by Crippen LogP contribution is -2.17. The van der Waals surface area contributed by atoms with Crippen molar-refractivity contribution in [3.8, 4) is 11.5 Å². The number of hydrogen-bond acceptors (Lipinski definition) is 5. The number of nitrogens with zero attached hydrogens (tertiary/aromatic N) is 4. The Morgan fingerprint density at radius 3 is 2.37 bits per heavy atom. The van der Waals surface area contributed by atoms with Gasteiger partial charge in [-0.05, 0) is 18.5 Å². The summed E-state index contributed by atoms with van der Waals surface area (Å²) >= 11 is 11.5. The van der Waals surface area contributed by atoms with E-state index in [1.165, 1.54) is 24.6 Å². The molecule has 0 aliphatic rings. The van der Waals surface area contributed by atoms with E-state index in [4.69, 9.17) is 28.3 Å². The molecule has 2 rings (SSSR count). The van der Waals surface area contributed by atoms with E-state index in [9.17, 15) is 8.42 Å². The average molecular weight is 322 g/mol. The van der Waals surface area contributed by atoms with Gasteiger partial charge >= 0.3 is 0 Å². The van der Waals surface area contributed by atoms with Crippen molar-refractivity contribution < 1.29 is 8.42 Å². The van der Waals surface area contributed by atoms with Crippen LogP contribution in [0, 0.1) is 6.92 Å². The summed E-state index contributed by atoms with van der Waals surface area (Å²) in [4.78, 5) is 11.8. The van der Waals surface area contributed by atoms with E-state index < -0.39 is 10.0 Å².